The second kappa shape index (κ2) is 69.3. The molecule has 1 atom stereocenters. The van der Waals surface area contributed by atoms with Crippen LogP contribution in [0.5, 0.6) is 0 Å². The predicted octanol–water partition coefficient (Wildman–Crippen LogP) is 23.4. The molecule has 0 amide bonds. The average molecular weight is 1140 g/mol. The van der Waals surface area contributed by atoms with Crippen LogP contribution in [0.4, 0.5) is 0 Å². The maximum Gasteiger partial charge on any atom is 0.306 e. The highest BCUT2D eigenvalue weighted by Gasteiger charge is 2.19. The van der Waals surface area contributed by atoms with E-state index in [0.29, 0.717) is 19.3 Å². The van der Waals surface area contributed by atoms with Gasteiger partial charge < -0.3 is 14.2 Å². The number of ether oxygens (including phenoxy) is 3. The van der Waals surface area contributed by atoms with Gasteiger partial charge in [0.25, 0.3) is 0 Å². The summed E-state index contributed by atoms with van der Waals surface area (Å²) in [6, 6.07) is 0. The van der Waals surface area contributed by atoms with Gasteiger partial charge in [-0.3, -0.25) is 14.4 Å². The number of carbonyl (C=O) groups excluding carboxylic acids is 3. The topological polar surface area (TPSA) is 78.9 Å². The molecule has 0 heterocycles. The summed E-state index contributed by atoms with van der Waals surface area (Å²) in [6.07, 6.45) is 102. The zero-order valence-corrected chi connectivity index (χ0v) is 53.4. The summed E-state index contributed by atoms with van der Waals surface area (Å²) < 4.78 is 16.9. The Bertz CT molecular complexity index is 1890. The Kier molecular flexibility index (Phi) is 64.9. The largest absolute Gasteiger partial charge is 0.462 e. The molecule has 0 aliphatic rings. The van der Waals surface area contributed by atoms with Crippen molar-refractivity contribution < 1.29 is 28.6 Å². The molecular weight excluding hydrogens is 1020 g/mol. The van der Waals surface area contributed by atoms with Gasteiger partial charge in [0, 0.05) is 19.3 Å². The van der Waals surface area contributed by atoms with Crippen molar-refractivity contribution in [2.75, 3.05) is 13.2 Å². The third kappa shape index (κ3) is 67.4. The maximum absolute atomic E-state index is 13.0. The van der Waals surface area contributed by atoms with Crippen molar-refractivity contribution in [3.63, 3.8) is 0 Å². The number of unbranched alkanes of at least 4 members (excludes halogenated alkanes) is 20. The highest BCUT2D eigenvalue weighted by atomic mass is 16.6. The minimum Gasteiger partial charge on any atom is -0.462 e. The fraction of sp³-hybridized carbons (Fsp3) is 0.597. The van der Waals surface area contributed by atoms with E-state index in [0.717, 1.165) is 135 Å². The van der Waals surface area contributed by atoms with Gasteiger partial charge in [-0.1, -0.05) is 287 Å². The SMILES string of the molecule is CC/C=C\C/C=C\C/C=C\C/C=C\C/C=C\C/C=C\CCC(=O)OCC(COC(=O)CCCCCCCCC/C=C\C/C=C\C/C=C\C/C=C\C/C=C\CC)OC(=O)CCCCCCCCCC/C=C\C/C=C\C/C=C\CCCCCCC. The Morgan fingerprint density at radius 3 is 0.807 bits per heavy atom. The predicted molar refractivity (Wildman–Crippen MR) is 361 cm³/mol. The van der Waals surface area contributed by atoms with E-state index < -0.39 is 6.10 Å². The van der Waals surface area contributed by atoms with Crippen LogP contribution >= 0.6 is 0 Å². The summed E-state index contributed by atoms with van der Waals surface area (Å²) in [5.74, 6) is -1.02. The molecule has 1 unspecified atom stereocenters. The third-order valence-electron chi connectivity index (χ3n) is 13.7. The fourth-order valence-electron chi connectivity index (χ4n) is 8.74. The van der Waals surface area contributed by atoms with Crippen molar-refractivity contribution in [2.45, 2.75) is 284 Å². The lowest BCUT2D eigenvalue weighted by Crippen LogP contribution is -2.30. The number of esters is 3. The Labute approximate surface area is 511 Å². The van der Waals surface area contributed by atoms with Crippen LogP contribution in [0.25, 0.3) is 0 Å². The van der Waals surface area contributed by atoms with Crippen LogP contribution in [0, 0.1) is 0 Å². The summed E-state index contributed by atoms with van der Waals surface area (Å²) in [5, 5.41) is 0. The van der Waals surface area contributed by atoms with Gasteiger partial charge in [-0.25, -0.2) is 0 Å². The van der Waals surface area contributed by atoms with Crippen LogP contribution in [0.1, 0.15) is 278 Å². The molecular formula is C77H122O6. The Hall–Kier alpha value is -5.23. The van der Waals surface area contributed by atoms with Crippen LogP contribution in [-0.4, -0.2) is 37.2 Å². The van der Waals surface area contributed by atoms with E-state index in [1.165, 1.54) is 96.3 Å². The summed E-state index contributed by atoms with van der Waals surface area (Å²) in [4.78, 5) is 38.4. The van der Waals surface area contributed by atoms with E-state index in [-0.39, 0.29) is 37.5 Å². The highest BCUT2D eigenvalue weighted by molar-refractivity contribution is 5.71. The van der Waals surface area contributed by atoms with Gasteiger partial charge in [0.15, 0.2) is 6.10 Å². The van der Waals surface area contributed by atoms with Crippen LogP contribution in [0.2, 0.25) is 0 Å². The summed E-state index contributed by atoms with van der Waals surface area (Å²) in [7, 11) is 0. The molecule has 0 fully saturated rings. The van der Waals surface area contributed by atoms with E-state index in [1.807, 2.05) is 6.08 Å². The normalized spacial score (nSPS) is 13.2. The van der Waals surface area contributed by atoms with Crippen molar-refractivity contribution >= 4 is 17.9 Å². The molecule has 0 aromatic rings. The van der Waals surface area contributed by atoms with Gasteiger partial charge in [0.2, 0.25) is 0 Å². The molecule has 6 nitrogen and oxygen atoms in total. The zero-order chi connectivity index (χ0) is 59.9. The number of allylic oxidation sites excluding steroid dienone is 28. The highest BCUT2D eigenvalue weighted by Crippen LogP contribution is 2.14. The minimum atomic E-state index is -0.829. The van der Waals surface area contributed by atoms with Crippen LogP contribution in [0.15, 0.2) is 170 Å². The van der Waals surface area contributed by atoms with Gasteiger partial charge in [-0.2, -0.15) is 0 Å². The lowest BCUT2D eigenvalue weighted by molar-refractivity contribution is -0.166. The van der Waals surface area contributed by atoms with Crippen molar-refractivity contribution in [1.82, 2.24) is 0 Å². The quantitative estimate of drug-likeness (QED) is 0.0261. The second-order valence-corrected chi connectivity index (χ2v) is 21.6. The first-order valence-corrected chi connectivity index (χ1v) is 33.6. The first kappa shape index (κ1) is 77.8. The Balaban J connectivity index is 4.55. The Morgan fingerprint density at radius 2 is 0.494 bits per heavy atom. The molecule has 0 aromatic carbocycles. The third-order valence-corrected chi connectivity index (χ3v) is 13.7. The smallest absolute Gasteiger partial charge is 0.306 e. The zero-order valence-electron chi connectivity index (χ0n) is 53.4. The van der Waals surface area contributed by atoms with Gasteiger partial charge in [0.1, 0.15) is 13.2 Å². The molecule has 0 spiro atoms. The minimum absolute atomic E-state index is 0.118. The average Bonchev–Trinajstić information content (AvgIpc) is 3.49. The number of hydrogen-bond donors (Lipinski definition) is 0. The molecule has 0 N–H and O–H groups in total. The van der Waals surface area contributed by atoms with E-state index in [9.17, 15) is 14.4 Å². The molecule has 0 saturated heterocycles. The van der Waals surface area contributed by atoms with Gasteiger partial charge in [-0.05, 0) is 141 Å². The Morgan fingerprint density at radius 1 is 0.253 bits per heavy atom. The van der Waals surface area contributed by atoms with Crippen molar-refractivity contribution in [1.29, 1.82) is 0 Å². The van der Waals surface area contributed by atoms with Gasteiger partial charge >= 0.3 is 17.9 Å². The molecule has 0 radical (unpaired) electrons. The first-order valence-electron chi connectivity index (χ1n) is 33.6. The van der Waals surface area contributed by atoms with E-state index >= 15 is 0 Å². The lowest BCUT2D eigenvalue weighted by atomic mass is 10.1. The number of hydrogen-bond acceptors (Lipinski definition) is 6. The van der Waals surface area contributed by atoms with E-state index in [4.69, 9.17) is 14.2 Å². The maximum atomic E-state index is 13.0. The molecule has 0 bridgehead atoms. The molecule has 6 heteroatoms. The van der Waals surface area contributed by atoms with Crippen LogP contribution in [-0.2, 0) is 28.6 Å². The monoisotopic (exact) mass is 1140 g/mol. The summed E-state index contributed by atoms with van der Waals surface area (Å²) >= 11 is 0. The van der Waals surface area contributed by atoms with E-state index in [1.54, 1.807) is 0 Å². The second-order valence-electron chi connectivity index (χ2n) is 21.6. The van der Waals surface area contributed by atoms with Crippen molar-refractivity contribution in [3.05, 3.63) is 170 Å². The standard InChI is InChI=1S/C77H122O6/c1-4-7-10-13-16-19-22-25-28-31-34-36-38-40-43-46-49-52-55-58-61-64-67-70-76(79)82-73-74(72-81-75(78)69-66-63-60-57-54-51-48-45-42-33-30-27-24-21-18-15-12-9-6-3)83-77(80)71-68-65-62-59-56-53-50-47-44-41-39-37-35-32-29-26-23-20-17-14-11-8-5-2/h7,9-10,12,16,18-19,21,23,25-28,30,32,34-36,39-43,45,51,54,60,63,74H,4-6,8,11,13-15,17,20,22,24,29,31,33,37-38,44,46-50,52-53,55-59,61-62,64-73H2,1-3H3/b10-7-,12-9-,19-16-,21-18-,26-23-,28-25-,30-27-,35-32-,36-34-,41-39-,43-40-,45-42-,54-51-,63-60-. The molecule has 0 rings (SSSR count). The molecule has 466 valence electrons. The number of carbonyl (C=O) groups is 3. The molecule has 0 aliphatic carbocycles. The summed E-state index contributed by atoms with van der Waals surface area (Å²) in [6.45, 7) is 6.33. The van der Waals surface area contributed by atoms with E-state index in [2.05, 4.69) is 185 Å². The van der Waals surface area contributed by atoms with Gasteiger partial charge in [-0.15, -0.1) is 0 Å². The fourth-order valence-corrected chi connectivity index (χ4v) is 8.74. The van der Waals surface area contributed by atoms with Crippen LogP contribution < -0.4 is 0 Å². The molecule has 0 aliphatic heterocycles. The lowest BCUT2D eigenvalue weighted by Gasteiger charge is -2.18. The van der Waals surface area contributed by atoms with Crippen molar-refractivity contribution in [2.24, 2.45) is 0 Å². The molecule has 0 aromatic heterocycles. The molecule has 0 saturated carbocycles. The van der Waals surface area contributed by atoms with Crippen molar-refractivity contribution in [3.8, 4) is 0 Å². The first-order chi connectivity index (χ1) is 41.0. The summed E-state index contributed by atoms with van der Waals surface area (Å²) in [5.41, 5.74) is 0. The van der Waals surface area contributed by atoms with Gasteiger partial charge in [0.05, 0.1) is 0 Å². The molecule has 83 heavy (non-hydrogen) atoms. The number of rotatable bonds is 59. The van der Waals surface area contributed by atoms with Crippen LogP contribution in [0.3, 0.4) is 0 Å².